The van der Waals surface area contributed by atoms with E-state index in [1.807, 2.05) is 0 Å². The lowest BCUT2D eigenvalue weighted by Crippen LogP contribution is -2.19. The van der Waals surface area contributed by atoms with Gasteiger partial charge in [-0.15, -0.1) is 0 Å². The molecular weight excluding hydrogens is 500 g/mol. The fourth-order valence-corrected chi connectivity index (χ4v) is 3.12. The van der Waals surface area contributed by atoms with Crippen molar-refractivity contribution >= 4 is 23.6 Å². The predicted molar refractivity (Wildman–Crippen MR) is 134 cm³/mol. The molecular formula is C26H32N2O10. The maximum atomic E-state index is 10.9. The Balaban J connectivity index is 0.000000204. The largest absolute Gasteiger partial charge is 0.394 e. The van der Waals surface area contributed by atoms with E-state index in [0.717, 1.165) is 0 Å². The number of imide groups is 2. The van der Waals surface area contributed by atoms with Crippen molar-refractivity contribution in [3.05, 3.63) is 70.8 Å². The van der Waals surface area contributed by atoms with Crippen LogP contribution in [0.4, 0.5) is 0 Å². The third-order valence-corrected chi connectivity index (χ3v) is 4.87. The predicted octanol–water partition coefficient (Wildman–Crippen LogP) is 0.178. The van der Waals surface area contributed by atoms with E-state index in [-0.39, 0.29) is 36.8 Å². The molecule has 12 nitrogen and oxygen atoms in total. The van der Waals surface area contributed by atoms with Crippen LogP contribution in [0.5, 0.6) is 0 Å². The summed E-state index contributed by atoms with van der Waals surface area (Å²) in [7, 11) is 0. The zero-order valence-corrected chi connectivity index (χ0v) is 20.9. The molecule has 4 rings (SSSR count). The number of aliphatic hydroxyl groups is 2. The van der Waals surface area contributed by atoms with E-state index in [9.17, 15) is 19.2 Å². The molecule has 4 N–H and O–H groups in total. The van der Waals surface area contributed by atoms with Gasteiger partial charge in [-0.3, -0.25) is 29.8 Å². The SMILES string of the molecule is O=C1NC(=O)c2ccccc21.O=C1NC(=O)c2ccccc21.OCCOCCOCCOCCOCCO. The lowest BCUT2D eigenvalue weighted by Gasteiger charge is -2.06. The molecule has 2 aromatic carbocycles. The van der Waals surface area contributed by atoms with Crippen molar-refractivity contribution in [2.24, 2.45) is 0 Å². The van der Waals surface area contributed by atoms with Gasteiger partial charge in [0.2, 0.25) is 0 Å². The normalized spacial score (nSPS) is 13.0. The maximum absolute atomic E-state index is 10.9. The lowest BCUT2D eigenvalue weighted by molar-refractivity contribution is -0.00856. The van der Waals surface area contributed by atoms with Gasteiger partial charge in [0, 0.05) is 0 Å². The summed E-state index contributed by atoms with van der Waals surface area (Å²) in [5.74, 6) is -1.20. The molecule has 0 saturated carbocycles. The van der Waals surface area contributed by atoms with Gasteiger partial charge in [0.05, 0.1) is 88.3 Å². The average molecular weight is 533 g/mol. The monoisotopic (exact) mass is 532 g/mol. The van der Waals surface area contributed by atoms with Crippen LogP contribution in [0.3, 0.4) is 0 Å². The summed E-state index contributed by atoms with van der Waals surface area (Å²) in [4.78, 5) is 43.8. The summed E-state index contributed by atoms with van der Waals surface area (Å²) < 4.78 is 20.4. The van der Waals surface area contributed by atoms with E-state index in [0.29, 0.717) is 75.1 Å². The van der Waals surface area contributed by atoms with Crippen molar-refractivity contribution in [2.75, 3.05) is 66.1 Å². The third-order valence-electron chi connectivity index (χ3n) is 4.87. The van der Waals surface area contributed by atoms with Gasteiger partial charge in [0.15, 0.2) is 0 Å². The molecule has 0 aromatic heterocycles. The Hall–Kier alpha value is -3.52. The Morgan fingerprint density at radius 3 is 0.921 bits per heavy atom. The maximum Gasteiger partial charge on any atom is 0.258 e. The summed E-state index contributed by atoms with van der Waals surface area (Å²) >= 11 is 0. The number of amides is 4. The summed E-state index contributed by atoms with van der Waals surface area (Å²) in [6, 6.07) is 13.5. The van der Waals surface area contributed by atoms with E-state index < -0.39 is 0 Å². The highest BCUT2D eigenvalue weighted by molar-refractivity contribution is 6.22. The molecule has 2 heterocycles. The van der Waals surface area contributed by atoms with Crippen molar-refractivity contribution in [1.29, 1.82) is 0 Å². The zero-order chi connectivity index (χ0) is 27.6. The molecule has 4 amide bonds. The smallest absolute Gasteiger partial charge is 0.258 e. The van der Waals surface area contributed by atoms with Gasteiger partial charge in [0.25, 0.3) is 23.6 Å². The third kappa shape index (κ3) is 10.5. The van der Waals surface area contributed by atoms with E-state index in [1.54, 1.807) is 48.5 Å². The first-order chi connectivity index (χ1) is 18.5. The van der Waals surface area contributed by atoms with Crippen LogP contribution in [0.15, 0.2) is 48.5 Å². The number of benzene rings is 2. The first kappa shape index (κ1) is 30.7. The number of nitrogens with one attached hydrogen (secondary N) is 2. The summed E-state index contributed by atoms with van der Waals surface area (Å²) in [5.41, 5.74) is 1.88. The van der Waals surface area contributed by atoms with Gasteiger partial charge < -0.3 is 29.2 Å². The number of fused-ring (bicyclic) bond motifs is 2. The fraction of sp³-hybridized carbons (Fsp3) is 0.385. The molecule has 0 unspecified atom stereocenters. The second-order valence-electron chi connectivity index (χ2n) is 7.55. The molecule has 0 atom stereocenters. The molecule has 12 heteroatoms. The van der Waals surface area contributed by atoms with Crippen molar-refractivity contribution in [1.82, 2.24) is 10.6 Å². The van der Waals surface area contributed by atoms with Gasteiger partial charge in [0.1, 0.15) is 0 Å². The molecule has 0 radical (unpaired) electrons. The van der Waals surface area contributed by atoms with Gasteiger partial charge >= 0.3 is 0 Å². The van der Waals surface area contributed by atoms with Crippen LogP contribution >= 0.6 is 0 Å². The second kappa shape index (κ2) is 17.9. The fourth-order valence-electron chi connectivity index (χ4n) is 3.12. The first-order valence-electron chi connectivity index (χ1n) is 11.9. The molecule has 38 heavy (non-hydrogen) atoms. The standard InChI is InChI=1S/C10H22O6.2C8H5NO2/c11-1-3-13-5-7-15-9-10-16-8-6-14-4-2-12;2*10-7-5-3-1-2-4-6(5)8(11)9-7/h11-12H,1-10H2;2*1-4H,(H,9,10,11). The van der Waals surface area contributed by atoms with Crippen molar-refractivity contribution in [2.45, 2.75) is 0 Å². The molecule has 0 fully saturated rings. The Kier molecular flexibility index (Phi) is 14.4. The summed E-state index contributed by atoms with van der Waals surface area (Å²) in [6.45, 7) is 3.79. The van der Waals surface area contributed by atoms with Gasteiger partial charge in [-0.05, 0) is 24.3 Å². The lowest BCUT2D eigenvalue weighted by atomic mass is 10.1. The van der Waals surface area contributed by atoms with Crippen molar-refractivity contribution in [3.63, 3.8) is 0 Å². The Bertz CT molecular complexity index is 910. The van der Waals surface area contributed by atoms with Crippen molar-refractivity contribution < 1.29 is 48.3 Å². The highest BCUT2D eigenvalue weighted by Crippen LogP contribution is 2.14. The molecule has 0 bridgehead atoms. The highest BCUT2D eigenvalue weighted by Gasteiger charge is 2.25. The van der Waals surface area contributed by atoms with E-state index in [1.165, 1.54) is 0 Å². The molecule has 2 aliphatic heterocycles. The minimum absolute atomic E-state index is 0.0386. The van der Waals surface area contributed by atoms with Gasteiger partial charge in [-0.1, -0.05) is 24.3 Å². The summed E-state index contributed by atoms with van der Waals surface area (Å²) in [6.07, 6.45) is 0. The van der Waals surface area contributed by atoms with Crippen LogP contribution in [-0.4, -0.2) is 99.9 Å². The number of hydrogen-bond donors (Lipinski definition) is 4. The number of hydrogen-bond acceptors (Lipinski definition) is 10. The Morgan fingerprint density at radius 2 is 0.684 bits per heavy atom. The number of carbonyl (C=O) groups is 4. The van der Waals surface area contributed by atoms with Gasteiger partial charge in [-0.25, -0.2) is 0 Å². The molecule has 0 aliphatic carbocycles. The molecule has 2 aromatic rings. The average Bonchev–Trinajstić information content (AvgIpc) is 3.39. The van der Waals surface area contributed by atoms with Crippen LogP contribution in [0.1, 0.15) is 41.4 Å². The minimum atomic E-state index is -0.300. The second-order valence-corrected chi connectivity index (χ2v) is 7.55. The molecule has 0 spiro atoms. The van der Waals surface area contributed by atoms with E-state index >= 15 is 0 Å². The van der Waals surface area contributed by atoms with Crippen LogP contribution in [0.25, 0.3) is 0 Å². The number of aliphatic hydroxyl groups excluding tert-OH is 2. The summed E-state index contributed by atoms with van der Waals surface area (Å²) in [5, 5.41) is 21.2. The zero-order valence-electron chi connectivity index (χ0n) is 20.9. The van der Waals surface area contributed by atoms with Crippen molar-refractivity contribution in [3.8, 4) is 0 Å². The van der Waals surface area contributed by atoms with Crippen LogP contribution < -0.4 is 10.6 Å². The molecule has 0 saturated heterocycles. The minimum Gasteiger partial charge on any atom is -0.394 e. The van der Waals surface area contributed by atoms with Crippen LogP contribution in [0, 0.1) is 0 Å². The van der Waals surface area contributed by atoms with Crippen LogP contribution in [-0.2, 0) is 18.9 Å². The van der Waals surface area contributed by atoms with Gasteiger partial charge in [-0.2, -0.15) is 0 Å². The quantitative estimate of drug-likeness (QED) is 0.206. The number of carbonyl (C=O) groups excluding carboxylic acids is 4. The molecule has 206 valence electrons. The Morgan fingerprint density at radius 1 is 0.447 bits per heavy atom. The number of ether oxygens (including phenoxy) is 4. The Labute approximate surface area is 219 Å². The molecule has 2 aliphatic rings. The topological polar surface area (TPSA) is 170 Å². The first-order valence-corrected chi connectivity index (χ1v) is 11.9. The number of rotatable bonds is 13. The van der Waals surface area contributed by atoms with E-state index in [2.05, 4.69) is 10.6 Å². The van der Waals surface area contributed by atoms with Crippen LogP contribution in [0.2, 0.25) is 0 Å². The highest BCUT2D eigenvalue weighted by atomic mass is 16.6. The van der Waals surface area contributed by atoms with E-state index in [4.69, 9.17) is 29.2 Å².